The van der Waals surface area contributed by atoms with Gasteiger partial charge in [-0.2, -0.15) is 0 Å². The van der Waals surface area contributed by atoms with Gasteiger partial charge in [-0.25, -0.2) is 9.97 Å². The Labute approximate surface area is 327 Å². The number of pyridine rings is 2. The molecule has 282 valence electrons. The fourth-order valence-corrected chi connectivity index (χ4v) is 10.2. The van der Waals surface area contributed by atoms with Gasteiger partial charge >= 0.3 is 0 Å². The first-order valence-electron chi connectivity index (χ1n) is 18.5. The summed E-state index contributed by atoms with van der Waals surface area (Å²) in [6.45, 7) is 8.95. The first-order valence-corrected chi connectivity index (χ1v) is 20.1. The van der Waals surface area contributed by atoms with Gasteiger partial charge in [0.05, 0.1) is 22.2 Å². The predicted octanol–water partition coefficient (Wildman–Crippen LogP) is 8.57. The number of para-hydroxylation sites is 2. The first-order chi connectivity index (χ1) is 26.3. The summed E-state index contributed by atoms with van der Waals surface area (Å²) in [6, 6.07) is 22.4. The predicted molar refractivity (Wildman–Crippen MR) is 221 cm³/mol. The van der Waals surface area contributed by atoms with Crippen LogP contribution in [0.1, 0.15) is 103 Å². The second-order valence-electron chi connectivity index (χ2n) is 15.5. The molecule has 2 aromatic carbocycles. The number of hydrogen-bond donors (Lipinski definition) is 4. The normalized spacial score (nSPS) is 16.4. The van der Waals surface area contributed by atoms with Crippen LogP contribution < -0.4 is 22.1 Å². The lowest BCUT2D eigenvalue weighted by atomic mass is 9.72. The van der Waals surface area contributed by atoms with Crippen LogP contribution in [0.5, 0.6) is 0 Å². The zero-order chi connectivity index (χ0) is 39.0. The number of rotatable bonds is 6. The van der Waals surface area contributed by atoms with E-state index in [0.717, 1.165) is 81.2 Å². The summed E-state index contributed by atoms with van der Waals surface area (Å²) in [5.74, 6) is -0.515. The van der Waals surface area contributed by atoms with Crippen molar-refractivity contribution >= 4 is 78.1 Å². The SMILES string of the molecule is CC(C)(C)C1CCc2c(sc(NC(=O)c3ccc4ccccc4n3)c2C(N)=O)C1.CC1CCc2c(sc(NC(=O)c3ccc4ccccc4n3)c2C(N)=O)C1. The zero-order valence-electron chi connectivity index (χ0n) is 31.3. The third-order valence-electron chi connectivity index (χ3n) is 10.6. The minimum Gasteiger partial charge on any atom is -0.365 e. The van der Waals surface area contributed by atoms with Crippen molar-refractivity contribution in [2.75, 3.05) is 10.6 Å². The molecule has 4 amide bonds. The number of amides is 4. The van der Waals surface area contributed by atoms with Crippen molar-refractivity contribution in [3.8, 4) is 0 Å². The van der Waals surface area contributed by atoms with Gasteiger partial charge in [0.25, 0.3) is 23.6 Å². The molecule has 2 aliphatic carbocycles. The maximum atomic E-state index is 12.8. The Balaban J connectivity index is 0.000000170. The topological polar surface area (TPSA) is 170 Å². The number of nitrogens with two attached hydrogens (primary N) is 2. The smallest absolute Gasteiger partial charge is 0.274 e. The van der Waals surface area contributed by atoms with E-state index in [4.69, 9.17) is 11.5 Å². The average molecular weight is 773 g/mol. The highest BCUT2D eigenvalue weighted by molar-refractivity contribution is 7.17. The Morgan fingerprint density at radius 2 is 1.11 bits per heavy atom. The van der Waals surface area contributed by atoms with Crippen LogP contribution in [0.3, 0.4) is 0 Å². The molecule has 10 nitrogen and oxygen atoms in total. The van der Waals surface area contributed by atoms with E-state index in [9.17, 15) is 19.2 Å². The van der Waals surface area contributed by atoms with Crippen molar-refractivity contribution in [3.63, 3.8) is 0 Å². The average Bonchev–Trinajstić information content (AvgIpc) is 3.71. The number of carbonyl (C=O) groups excluding carboxylic acids is 4. The molecule has 0 aliphatic heterocycles. The van der Waals surface area contributed by atoms with Crippen molar-refractivity contribution in [1.29, 1.82) is 0 Å². The lowest BCUT2D eigenvalue weighted by molar-refractivity contribution is 0.0989. The molecule has 55 heavy (non-hydrogen) atoms. The molecule has 2 atom stereocenters. The third-order valence-corrected chi connectivity index (χ3v) is 13.0. The molecule has 4 aromatic heterocycles. The highest BCUT2D eigenvalue weighted by atomic mass is 32.1. The summed E-state index contributed by atoms with van der Waals surface area (Å²) in [5, 5.41) is 8.79. The molecule has 12 heteroatoms. The minimum absolute atomic E-state index is 0.201. The lowest BCUT2D eigenvalue weighted by Gasteiger charge is -2.33. The number of fused-ring (bicyclic) bond motifs is 4. The van der Waals surface area contributed by atoms with E-state index in [1.165, 1.54) is 22.7 Å². The van der Waals surface area contributed by atoms with E-state index in [2.05, 4.69) is 48.3 Å². The highest BCUT2D eigenvalue weighted by Crippen LogP contribution is 2.44. The lowest BCUT2D eigenvalue weighted by Crippen LogP contribution is -2.27. The Hall–Kier alpha value is -5.46. The molecular weight excluding hydrogens is 729 g/mol. The van der Waals surface area contributed by atoms with E-state index >= 15 is 0 Å². The van der Waals surface area contributed by atoms with E-state index in [0.29, 0.717) is 44.4 Å². The van der Waals surface area contributed by atoms with Gasteiger partial charge in [0.2, 0.25) is 0 Å². The number of nitrogens with zero attached hydrogens (tertiary/aromatic N) is 2. The van der Waals surface area contributed by atoms with Crippen molar-refractivity contribution in [2.24, 2.45) is 28.7 Å². The van der Waals surface area contributed by atoms with Crippen LogP contribution in [0.4, 0.5) is 10.0 Å². The minimum atomic E-state index is -0.488. The number of hydrogen-bond acceptors (Lipinski definition) is 8. The number of nitrogens with one attached hydrogen (secondary N) is 2. The van der Waals surface area contributed by atoms with Gasteiger partial charge in [-0.05, 0) is 91.2 Å². The number of aromatic nitrogens is 2. The van der Waals surface area contributed by atoms with Crippen LogP contribution in [0, 0.1) is 17.3 Å². The number of thiophene rings is 2. The van der Waals surface area contributed by atoms with Gasteiger partial charge in [0, 0.05) is 20.5 Å². The molecule has 2 unspecified atom stereocenters. The fourth-order valence-electron chi connectivity index (χ4n) is 7.49. The van der Waals surface area contributed by atoms with Crippen LogP contribution in [-0.4, -0.2) is 33.6 Å². The largest absolute Gasteiger partial charge is 0.365 e. The second-order valence-corrected chi connectivity index (χ2v) is 17.7. The van der Waals surface area contributed by atoms with E-state index < -0.39 is 11.8 Å². The Morgan fingerprint density at radius 3 is 1.58 bits per heavy atom. The Morgan fingerprint density at radius 1 is 0.655 bits per heavy atom. The van der Waals surface area contributed by atoms with E-state index in [1.807, 2.05) is 60.7 Å². The molecule has 0 fully saturated rings. The maximum absolute atomic E-state index is 12.8. The molecule has 6 N–H and O–H groups in total. The number of carbonyl (C=O) groups is 4. The molecule has 0 saturated carbocycles. The summed E-state index contributed by atoms with van der Waals surface area (Å²) >= 11 is 2.94. The van der Waals surface area contributed by atoms with Crippen molar-refractivity contribution in [1.82, 2.24) is 9.97 Å². The van der Waals surface area contributed by atoms with Gasteiger partial charge in [-0.15, -0.1) is 22.7 Å². The standard InChI is InChI=1S/C23H25N3O2S.C20H19N3O2S/c1-23(2,3)14-9-10-15-18(12-14)29-22(19(15)20(24)27)26-21(28)17-11-8-13-6-4-5-7-16(13)25-17;1-11-6-8-13-16(10-11)26-20(17(13)18(21)24)23-19(25)15-9-7-12-4-2-3-5-14(12)22-15/h4-8,11,14H,9-10,12H2,1-3H3,(H2,24,27)(H,26,28);2-5,7,9,11H,6,8,10H2,1H3,(H2,21,24)(H,23,25). The summed E-state index contributed by atoms with van der Waals surface area (Å²) < 4.78 is 0. The van der Waals surface area contributed by atoms with Crippen LogP contribution in [0.25, 0.3) is 21.8 Å². The Kier molecular flexibility index (Phi) is 10.6. The van der Waals surface area contributed by atoms with Gasteiger partial charge in [-0.3, -0.25) is 19.2 Å². The molecule has 0 radical (unpaired) electrons. The second kappa shape index (κ2) is 15.3. The zero-order valence-corrected chi connectivity index (χ0v) is 33.0. The van der Waals surface area contributed by atoms with Crippen LogP contribution >= 0.6 is 22.7 Å². The first kappa shape index (κ1) is 37.8. The maximum Gasteiger partial charge on any atom is 0.274 e. The highest BCUT2D eigenvalue weighted by Gasteiger charge is 2.34. The number of anilines is 2. The van der Waals surface area contributed by atoms with Crippen LogP contribution in [0.2, 0.25) is 0 Å². The van der Waals surface area contributed by atoms with Gasteiger partial charge < -0.3 is 22.1 Å². The summed E-state index contributed by atoms with van der Waals surface area (Å²) in [5.41, 5.74) is 16.6. The molecule has 2 aliphatic rings. The molecule has 0 bridgehead atoms. The summed E-state index contributed by atoms with van der Waals surface area (Å²) in [7, 11) is 0. The van der Waals surface area contributed by atoms with Gasteiger partial charge in [0.1, 0.15) is 21.4 Å². The van der Waals surface area contributed by atoms with E-state index in [1.54, 1.807) is 12.1 Å². The third kappa shape index (κ3) is 8.01. The summed E-state index contributed by atoms with van der Waals surface area (Å²) in [6.07, 6.45) is 5.53. The van der Waals surface area contributed by atoms with E-state index in [-0.39, 0.29) is 17.2 Å². The number of primary amides is 2. The summed E-state index contributed by atoms with van der Waals surface area (Å²) in [4.78, 5) is 60.9. The van der Waals surface area contributed by atoms with Gasteiger partial charge in [-0.1, -0.05) is 76.2 Å². The fraction of sp³-hybridized carbons (Fsp3) is 0.302. The molecule has 8 rings (SSSR count). The van der Waals surface area contributed by atoms with Crippen LogP contribution in [-0.2, 0) is 25.7 Å². The van der Waals surface area contributed by atoms with Crippen LogP contribution in [0.15, 0.2) is 72.8 Å². The molecular formula is C43H44N6O4S2. The molecule has 0 spiro atoms. The quantitative estimate of drug-likeness (QED) is 0.132. The van der Waals surface area contributed by atoms with Crippen molar-refractivity contribution in [2.45, 2.75) is 66.2 Å². The van der Waals surface area contributed by atoms with Crippen molar-refractivity contribution < 1.29 is 19.2 Å². The molecule has 6 aromatic rings. The molecule has 0 saturated heterocycles. The van der Waals surface area contributed by atoms with Gasteiger partial charge in [0.15, 0.2) is 0 Å². The molecule has 4 heterocycles. The van der Waals surface area contributed by atoms with Crippen molar-refractivity contribution in [3.05, 3.63) is 116 Å². The number of benzene rings is 2. The monoisotopic (exact) mass is 772 g/mol. The Bertz CT molecular complexity index is 2480.